The first-order chi connectivity index (χ1) is 15.3. The Labute approximate surface area is 187 Å². The number of carbonyl (C=O) groups excluding carboxylic acids is 2. The minimum Gasteiger partial charge on any atom is -0.366 e. The number of hydrogen-bond acceptors (Lipinski definition) is 4. The Morgan fingerprint density at radius 3 is 2.47 bits per heavy atom. The van der Waals surface area contributed by atoms with Crippen LogP contribution in [0.4, 0.5) is 10.1 Å². The third-order valence-electron chi connectivity index (χ3n) is 6.45. The SMILES string of the molecule is CCC[C@H](C)NC(=O)c1cn(C2CC2)c2cc(N3CCN(C(C)=O)CC3)c(F)cc2c1=O. The van der Waals surface area contributed by atoms with Crippen LogP contribution in [0.2, 0.25) is 0 Å². The minimum atomic E-state index is -0.481. The molecular weight excluding hydrogens is 411 g/mol. The number of rotatable bonds is 6. The number of amides is 2. The minimum absolute atomic E-state index is 0.0188. The number of hydrogen-bond donors (Lipinski definition) is 1. The molecule has 2 aliphatic rings. The first kappa shape index (κ1) is 22.3. The van der Waals surface area contributed by atoms with Crippen molar-refractivity contribution in [3.8, 4) is 0 Å². The van der Waals surface area contributed by atoms with Crippen LogP contribution < -0.4 is 15.6 Å². The van der Waals surface area contributed by atoms with Crippen LogP contribution in [0, 0.1) is 5.82 Å². The van der Waals surface area contributed by atoms with Crippen molar-refractivity contribution in [2.45, 2.75) is 58.5 Å². The number of carbonyl (C=O) groups is 2. The predicted octanol–water partition coefficient (Wildman–Crippen LogP) is 3.06. The van der Waals surface area contributed by atoms with E-state index < -0.39 is 17.2 Å². The Hall–Kier alpha value is -2.90. The van der Waals surface area contributed by atoms with Gasteiger partial charge in [0.1, 0.15) is 11.4 Å². The number of piperazine rings is 1. The van der Waals surface area contributed by atoms with Crippen LogP contribution in [0.3, 0.4) is 0 Å². The molecule has 1 aliphatic heterocycles. The van der Waals surface area contributed by atoms with Gasteiger partial charge in [-0.2, -0.15) is 0 Å². The smallest absolute Gasteiger partial charge is 0.256 e. The monoisotopic (exact) mass is 442 g/mol. The number of aromatic nitrogens is 1. The highest BCUT2D eigenvalue weighted by molar-refractivity contribution is 5.98. The second kappa shape index (κ2) is 8.92. The van der Waals surface area contributed by atoms with E-state index in [9.17, 15) is 14.4 Å². The van der Waals surface area contributed by atoms with Crippen molar-refractivity contribution >= 4 is 28.4 Å². The van der Waals surface area contributed by atoms with Gasteiger partial charge in [-0.25, -0.2) is 4.39 Å². The highest BCUT2D eigenvalue weighted by Crippen LogP contribution is 2.38. The molecule has 2 amide bonds. The van der Waals surface area contributed by atoms with Crippen LogP contribution in [0.25, 0.3) is 10.9 Å². The molecule has 0 bridgehead atoms. The van der Waals surface area contributed by atoms with Gasteiger partial charge in [0.25, 0.3) is 5.91 Å². The number of fused-ring (bicyclic) bond motifs is 1. The number of halogens is 1. The van der Waals surface area contributed by atoms with Gasteiger partial charge in [-0.05, 0) is 38.3 Å². The molecule has 1 atom stereocenters. The Kier molecular flexibility index (Phi) is 6.22. The lowest BCUT2D eigenvalue weighted by atomic mass is 10.1. The van der Waals surface area contributed by atoms with E-state index in [0.29, 0.717) is 37.4 Å². The van der Waals surface area contributed by atoms with Gasteiger partial charge in [0, 0.05) is 56.8 Å². The third kappa shape index (κ3) is 4.36. The van der Waals surface area contributed by atoms with Crippen molar-refractivity contribution in [1.82, 2.24) is 14.8 Å². The molecule has 1 aromatic heterocycles. The van der Waals surface area contributed by atoms with E-state index in [-0.39, 0.29) is 28.9 Å². The van der Waals surface area contributed by atoms with E-state index in [2.05, 4.69) is 5.32 Å². The van der Waals surface area contributed by atoms with Gasteiger partial charge >= 0.3 is 0 Å². The van der Waals surface area contributed by atoms with E-state index in [4.69, 9.17) is 0 Å². The zero-order chi connectivity index (χ0) is 23.0. The zero-order valence-corrected chi connectivity index (χ0v) is 19.0. The fourth-order valence-corrected chi connectivity index (χ4v) is 4.49. The van der Waals surface area contributed by atoms with E-state index in [1.165, 1.54) is 13.0 Å². The quantitative estimate of drug-likeness (QED) is 0.746. The molecule has 32 heavy (non-hydrogen) atoms. The van der Waals surface area contributed by atoms with Crippen LogP contribution in [-0.2, 0) is 4.79 Å². The maximum absolute atomic E-state index is 15.2. The van der Waals surface area contributed by atoms with Gasteiger partial charge in [0.05, 0.1) is 11.2 Å². The third-order valence-corrected chi connectivity index (χ3v) is 6.45. The topological polar surface area (TPSA) is 74.7 Å². The van der Waals surface area contributed by atoms with Gasteiger partial charge < -0.3 is 19.7 Å². The molecule has 1 N–H and O–H groups in total. The van der Waals surface area contributed by atoms with Crippen molar-refractivity contribution in [3.63, 3.8) is 0 Å². The average molecular weight is 443 g/mol. The molecule has 1 saturated carbocycles. The second-order valence-electron chi connectivity index (χ2n) is 8.99. The molecule has 2 aromatic rings. The summed E-state index contributed by atoms with van der Waals surface area (Å²) in [4.78, 5) is 41.2. The first-order valence-electron chi connectivity index (χ1n) is 11.5. The highest BCUT2D eigenvalue weighted by Gasteiger charge is 2.29. The second-order valence-corrected chi connectivity index (χ2v) is 8.99. The van der Waals surface area contributed by atoms with Gasteiger partial charge in [0.15, 0.2) is 0 Å². The molecule has 1 saturated heterocycles. The van der Waals surface area contributed by atoms with Crippen LogP contribution in [0.1, 0.15) is 62.9 Å². The van der Waals surface area contributed by atoms with E-state index in [1.807, 2.05) is 23.3 Å². The maximum atomic E-state index is 15.2. The molecule has 0 spiro atoms. The van der Waals surface area contributed by atoms with Crippen LogP contribution >= 0.6 is 0 Å². The molecule has 7 nitrogen and oxygen atoms in total. The van der Waals surface area contributed by atoms with Gasteiger partial charge in [-0.1, -0.05) is 13.3 Å². The molecule has 172 valence electrons. The molecule has 4 rings (SSSR count). The van der Waals surface area contributed by atoms with Crippen LogP contribution in [-0.4, -0.2) is 53.5 Å². The summed E-state index contributed by atoms with van der Waals surface area (Å²) in [7, 11) is 0. The summed E-state index contributed by atoms with van der Waals surface area (Å²) >= 11 is 0. The summed E-state index contributed by atoms with van der Waals surface area (Å²) in [5.41, 5.74) is 0.712. The lowest BCUT2D eigenvalue weighted by molar-refractivity contribution is -0.129. The molecule has 2 fully saturated rings. The summed E-state index contributed by atoms with van der Waals surface area (Å²) in [6, 6.07) is 3.18. The predicted molar refractivity (Wildman–Crippen MR) is 123 cm³/mol. The Bertz CT molecular complexity index is 1100. The molecule has 8 heteroatoms. The summed E-state index contributed by atoms with van der Waals surface area (Å²) in [5, 5.41) is 3.13. The molecular formula is C24H31FN4O3. The summed E-state index contributed by atoms with van der Waals surface area (Å²) in [6.45, 7) is 7.64. The van der Waals surface area contributed by atoms with E-state index in [0.717, 1.165) is 25.7 Å². The van der Waals surface area contributed by atoms with Crippen molar-refractivity contribution < 1.29 is 14.0 Å². The Balaban J connectivity index is 1.72. The summed E-state index contributed by atoms with van der Waals surface area (Å²) in [5.74, 6) is -0.868. The van der Waals surface area contributed by atoms with E-state index >= 15 is 4.39 Å². The summed E-state index contributed by atoms with van der Waals surface area (Å²) in [6.07, 6.45) is 5.33. The van der Waals surface area contributed by atoms with Gasteiger partial charge in [0.2, 0.25) is 11.3 Å². The van der Waals surface area contributed by atoms with Crippen molar-refractivity contribution in [1.29, 1.82) is 0 Å². The number of nitrogens with zero attached hydrogens (tertiary/aromatic N) is 3. The largest absolute Gasteiger partial charge is 0.366 e. The first-order valence-corrected chi connectivity index (χ1v) is 11.5. The highest BCUT2D eigenvalue weighted by atomic mass is 19.1. The van der Waals surface area contributed by atoms with Crippen molar-refractivity contribution in [2.75, 3.05) is 31.1 Å². The Morgan fingerprint density at radius 1 is 1.19 bits per heavy atom. The standard InChI is InChI=1S/C24H31FN4O3/c1-4-5-15(2)26-24(32)19-14-29(17-6-7-17)21-13-22(20(25)12-18(21)23(19)31)28-10-8-27(9-11-28)16(3)30/h12-15,17H,4-11H2,1-3H3,(H,26,32)/t15-/m0/s1. The van der Waals surface area contributed by atoms with Gasteiger partial charge in [-0.15, -0.1) is 0 Å². The lowest BCUT2D eigenvalue weighted by Crippen LogP contribution is -2.48. The van der Waals surface area contributed by atoms with E-state index in [1.54, 1.807) is 17.2 Å². The molecule has 0 radical (unpaired) electrons. The summed E-state index contributed by atoms with van der Waals surface area (Å²) < 4.78 is 17.1. The van der Waals surface area contributed by atoms with Crippen molar-refractivity contribution in [3.05, 3.63) is 39.9 Å². The van der Waals surface area contributed by atoms with Crippen molar-refractivity contribution in [2.24, 2.45) is 0 Å². The maximum Gasteiger partial charge on any atom is 0.256 e. The number of nitrogens with one attached hydrogen (secondary N) is 1. The molecule has 2 heterocycles. The molecule has 1 aliphatic carbocycles. The fourth-order valence-electron chi connectivity index (χ4n) is 4.49. The number of benzene rings is 1. The zero-order valence-electron chi connectivity index (χ0n) is 19.0. The average Bonchev–Trinajstić information content (AvgIpc) is 3.59. The molecule has 1 aromatic carbocycles. The fraction of sp³-hybridized carbons (Fsp3) is 0.542. The molecule has 0 unspecified atom stereocenters. The van der Waals surface area contributed by atoms with Gasteiger partial charge in [-0.3, -0.25) is 14.4 Å². The number of pyridine rings is 1. The lowest BCUT2D eigenvalue weighted by Gasteiger charge is -2.36. The Morgan fingerprint density at radius 2 is 1.88 bits per heavy atom. The van der Waals surface area contributed by atoms with Crippen LogP contribution in [0.5, 0.6) is 0 Å². The normalized spacial score (nSPS) is 17.5. The number of anilines is 1. The van der Waals surface area contributed by atoms with Crippen LogP contribution in [0.15, 0.2) is 23.1 Å².